The normalized spacial score (nSPS) is 10.3. The Morgan fingerprint density at radius 1 is 1.00 bits per heavy atom. The molecule has 2 aromatic rings. The van der Waals surface area contributed by atoms with Crippen molar-refractivity contribution >= 4 is 0 Å². The zero-order chi connectivity index (χ0) is 12.3. The molecule has 0 saturated heterocycles. The molecule has 0 atom stereocenters. The lowest BCUT2D eigenvalue weighted by molar-refractivity contribution is 0.281. The van der Waals surface area contributed by atoms with Crippen LogP contribution >= 0.6 is 0 Å². The number of aliphatic hydroxyl groups is 1. The Morgan fingerprint density at radius 2 is 1.65 bits per heavy atom. The van der Waals surface area contributed by atoms with Gasteiger partial charge >= 0.3 is 0 Å². The summed E-state index contributed by atoms with van der Waals surface area (Å²) in [6.07, 6.45) is 0. The lowest BCUT2D eigenvalue weighted by Gasteiger charge is -2.07. The minimum Gasteiger partial charge on any atom is -0.497 e. The van der Waals surface area contributed by atoms with Crippen LogP contribution in [-0.4, -0.2) is 12.2 Å². The van der Waals surface area contributed by atoms with Gasteiger partial charge in [0.15, 0.2) is 0 Å². The van der Waals surface area contributed by atoms with Crippen molar-refractivity contribution in [1.82, 2.24) is 0 Å². The largest absolute Gasteiger partial charge is 0.497 e. The van der Waals surface area contributed by atoms with Gasteiger partial charge in [-0.1, -0.05) is 24.3 Å². The van der Waals surface area contributed by atoms with Gasteiger partial charge in [0, 0.05) is 0 Å². The van der Waals surface area contributed by atoms with Crippen molar-refractivity contribution in [2.24, 2.45) is 0 Å². The molecule has 0 aliphatic carbocycles. The van der Waals surface area contributed by atoms with Crippen molar-refractivity contribution in [2.75, 3.05) is 7.11 Å². The standard InChI is InChI=1S/C15H16O2/c1-11-3-4-13(9-14(11)10-16)12-5-7-15(17-2)8-6-12/h3-9,16H,10H2,1-2H3. The third kappa shape index (κ3) is 2.48. The molecule has 0 aliphatic rings. The van der Waals surface area contributed by atoms with E-state index in [-0.39, 0.29) is 6.61 Å². The van der Waals surface area contributed by atoms with Crippen molar-refractivity contribution in [3.05, 3.63) is 53.6 Å². The van der Waals surface area contributed by atoms with Gasteiger partial charge in [-0.25, -0.2) is 0 Å². The van der Waals surface area contributed by atoms with Crippen molar-refractivity contribution in [3.63, 3.8) is 0 Å². The van der Waals surface area contributed by atoms with E-state index in [0.717, 1.165) is 28.0 Å². The Kier molecular flexibility index (Phi) is 3.45. The van der Waals surface area contributed by atoms with Crippen LogP contribution in [0, 0.1) is 6.92 Å². The number of ether oxygens (including phenoxy) is 1. The van der Waals surface area contributed by atoms with Gasteiger partial charge < -0.3 is 9.84 Å². The maximum absolute atomic E-state index is 9.25. The minimum atomic E-state index is 0.0792. The van der Waals surface area contributed by atoms with Crippen molar-refractivity contribution in [3.8, 4) is 16.9 Å². The fraction of sp³-hybridized carbons (Fsp3) is 0.200. The van der Waals surface area contributed by atoms with Gasteiger partial charge in [0.25, 0.3) is 0 Å². The van der Waals surface area contributed by atoms with Crippen LogP contribution in [0.3, 0.4) is 0 Å². The molecule has 0 fully saturated rings. The summed E-state index contributed by atoms with van der Waals surface area (Å²) in [6, 6.07) is 14.0. The summed E-state index contributed by atoms with van der Waals surface area (Å²) in [4.78, 5) is 0. The summed E-state index contributed by atoms with van der Waals surface area (Å²) in [6.45, 7) is 2.08. The van der Waals surface area contributed by atoms with Gasteiger partial charge in [-0.15, -0.1) is 0 Å². The number of methoxy groups -OCH3 is 1. The molecule has 0 amide bonds. The number of benzene rings is 2. The third-order valence-corrected chi connectivity index (χ3v) is 2.94. The molecule has 0 bridgehead atoms. The molecule has 2 aromatic carbocycles. The highest BCUT2D eigenvalue weighted by Gasteiger charge is 2.02. The van der Waals surface area contributed by atoms with Crippen LogP contribution in [0.25, 0.3) is 11.1 Å². The predicted molar refractivity (Wildman–Crippen MR) is 69.1 cm³/mol. The number of hydrogen-bond donors (Lipinski definition) is 1. The summed E-state index contributed by atoms with van der Waals surface area (Å²) >= 11 is 0. The molecule has 0 aliphatic heterocycles. The zero-order valence-electron chi connectivity index (χ0n) is 10.1. The summed E-state index contributed by atoms with van der Waals surface area (Å²) in [5, 5.41) is 9.25. The van der Waals surface area contributed by atoms with Gasteiger partial charge in [0.1, 0.15) is 5.75 Å². The van der Waals surface area contributed by atoms with E-state index >= 15 is 0 Å². The molecule has 0 spiro atoms. The number of hydrogen-bond acceptors (Lipinski definition) is 2. The molecule has 0 unspecified atom stereocenters. The Hall–Kier alpha value is -1.80. The monoisotopic (exact) mass is 228 g/mol. The number of aliphatic hydroxyl groups excluding tert-OH is 1. The highest BCUT2D eigenvalue weighted by atomic mass is 16.5. The van der Waals surface area contributed by atoms with E-state index in [9.17, 15) is 5.11 Å². The first-order chi connectivity index (χ1) is 8.24. The Morgan fingerprint density at radius 3 is 2.24 bits per heavy atom. The molecule has 0 heterocycles. The van der Waals surface area contributed by atoms with E-state index in [1.54, 1.807) is 7.11 Å². The van der Waals surface area contributed by atoms with Crippen LogP contribution < -0.4 is 4.74 Å². The number of aryl methyl sites for hydroxylation is 1. The molecule has 2 rings (SSSR count). The van der Waals surface area contributed by atoms with Crippen LogP contribution in [0.2, 0.25) is 0 Å². The van der Waals surface area contributed by atoms with E-state index in [1.165, 1.54) is 0 Å². The first-order valence-electron chi connectivity index (χ1n) is 5.59. The van der Waals surface area contributed by atoms with E-state index in [2.05, 4.69) is 6.07 Å². The third-order valence-electron chi connectivity index (χ3n) is 2.94. The van der Waals surface area contributed by atoms with Gasteiger partial charge in [-0.3, -0.25) is 0 Å². The van der Waals surface area contributed by atoms with E-state index in [1.807, 2.05) is 43.3 Å². The maximum atomic E-state index is 9.25. The Bertz CT molecular complexity index is 501. The van der Waals surface area contributed by atoms with Gasteiger partial charge in [0.05, 0.1) is 13.7 Å². The number of rotatable bonds is 3. The second kappa shape index (κ2) is 5.02. The van der Waals surface area contributed by atoms with Gasteiger partial charge in [-0.2, -0.15) is 0 Å². The Labute approximate surface area is 101 Å². The summed E-state index contributed by atoms with van der Waals surface area (Å²) < 4.78 is 5.13. The van der Waals surface area contributed by atoms with Crippen LogP contribution in [-0.2, 0) is 6.61 Å². The van der Waals surface area contributed by atoms with Crippen molar-refractivity contribution in [2.45, 2.75) is 13.5 Å². The fourth-order valence-corrected chi connectivity index (χ4v) is 1.80. The maximum Gasteiger partial charge on any atom is 0.118 e. The molecular formula is C15H16O2. The SMILES string of the molecule is COc1ccc(-c2ccc(C)c(CO)c2)cc1. The van der Waals surface area contributed by atoms with Crippen molar-refractivity contribution < 1.29 is 9.84 Å². The molecule has 2 heteroatoms. The highest BCUT2D eigenvalue weighted by molar-refractivity contribution is 5.65. The molecule has 2 nitrogen and oxygen atoms in total. The van der Waals surface area contributed by atoms with Crippen molar-refractivity contribution in [1.29, 1.82) is 0 Å². The van der Waals surface area contributed by atoms with E-state index in [0.29, 0.717) is 0 Å². The molecule has 17 heavy (non-hydrogen) atoms. The van der Waals surface area contributed by atoms with Gasteiger partial charge in [0.2, 0.25) is 0 Å². The topological polar surface area (TPSA) is 29.5 Å². The lowest BCUT2D eigenvalue weighted by atomic mass is 10.00. The predicted octanol–water partition coefficient (Wildman–Crippen LogP) is 3.16. The first kappa shape index (κ1) is 11.7. The highest BCUT2D eigenvalue weighted by Crippen LogP contribution is 2.24. The zero-order valence-corrected chi connectivity index (χ0v) is 10.1. The van der Waals surface area contributed by atoms with Crippen LogP contribution in [0.5, 0.6) is 5.75 Å². The Balaban J connectivity index is 2.38. The quantitative estimate of drug-likeness (QED) is 0.874. The van der Waals surface area contributed by atoms with Crippen LogP contribution in [0.15, 0.2) is 42.5 Å². The smallest absolute Gasteiger partial charge is 0.118 e. The fourth-order valence-electron chi connectivity index (χ4n) is 1.80. The second-order valence-electron chi connectivity index (χ2n) is 4.03. The first-order valence-corrected chi connectivity index (χ1v) is 5.59. The molecule has 0 saturated carbocycles. The van der Waals surface area contributed by atoms with Crippen LogP contribution in [0.4, 0.5) is 0 Å². The summed E-state index contributed by atoms with van der Waals surface area (Å²) in [5.41, 5.74) is 4.32. The summed E-state index contributed by atoms with van der Waals surface area (Å²) in [5.74, 6) is 0.850. The van der Waals surface area contributed by atoms with Crippen LogP contribution in [0.1, 0.15) is 11.1 Å². The van der Waals surface area contributed by atoms with Gasteiger partial charge in [-0.05, 0) is 47.4 Å². The van der Waals surface area contributed by atoms with E-state index < -0.39 is 0 Å². The molecule has 88 valence electrons. The molecule has 1 N–H and O–H groups in total. The molecule has 0 aromatic heterocycles. The molecular weight excluding hydrogens is 212 g/mol. The second-order valence-corrected chi connectivity index (χ2v) is 4.03. The van der Waals surface area contributed by atoms with E-state index in [4.69, 9.17) is 4.74 Å². The average molecular weight is 228 g/mol. The summed E-state index contributed by atoms with van der Waals surface area (Å²) in [7, 11) is 1.66. The average Bonchev–Trinajstić information content (AvgIpc) is 2.39. The minimum absolute atomic E-state index is 0.0792. The molecule has 0 radical (unpaired) electrons. The lowest BCUT2D eigenvalue weighted by Crippen LogP contribution is -1.89.